The van der Waals surface area contributed by atoms with Crippen LogP contribution < -0.4 is 5.32 Å². The number of likely N-dealkylation sites (N-methyl/N-ethyl adjacent to an activating group) is 1. The van der Waals surface area contributed by atoms with E-state index in [0.29, 0.717) is 18.5 Å². The Hall–Kier alpha value is -3.22. The van der Waals surface area contributed by atoms with Gasteiger partial charge in [-0.05, 0) is 23.6 Å². The number of amides is 2. The van der Waals surface area contributed by atoms with Crippen molar-refractivity contribution in [3.63, 3.8) is 0 Å². The van der Waals surface area contributed by atoms with Crippen molar-refractivity contribution in [2.75, 3.05) is 20.7 Å². The quantitative estimate of drug-likeness (QED) is 0.767. The molecule has 2 aromatic rings. The maximum atomic E-state index is 13.0. The van der Waals surface area contributed by atoms with Gasteiger partial charge in [0.15, 0.2) is 0 Å². The number of aromatic nitrogens is 1. The van der Waals surface area contributed by atoms with Gasteiger partial charge in [-0.25, -0.2) is 0 Å². The third-order valence-electron chi connectivity index (χ3n) is 5.00. The Kier molecular flexibility index (Phi) is 6.03. The minimum absolute atomic E-state index is 0.0103. The van der Waals surface area contributed by atoms with Crippen LogP contribution >= 0.6 is 0 Å². The number of esters is 1. The lowest BCUT2D eigenvalue weighted by Gasteiger charge is -2.38. The third-order valence-corrected chi connectivity index (χ3v) is 5.00. The monoisotopic (exact) mass is 381 g/mol. The van der Waals surface area contributed by atoms with Crippen LogP contribution in [-0.2, 0) is 20.7 Å². The first-order valence-electron chi connectivity index (χ1n) is 9.13. The summed E-state index contributed by atoms with van der Waals surface area (Å²) in [5.41, 5.74) is 1.97. The number of fused-ring (bicyclic) bond motifs is 1. The third kappa shape index (κ3) is 4.03. The lowest BCUT2D eigenvalue weighted by molar-refractivity contribution is -0.141. The molecule has 1 aliphatic rings. The molecule has 0 unspecified atom stereocenters. The molecule has 7 heteroatoms. The number of rotatable bonds is 6. The van der Waals surface area contributed by atoms with Gasteiger partial charge in [-0.1, -0.05) is 36.4 Å². The summed E-state index contributed by atoms with van der Waals surface area (Å²) in [4.78, 5) is 43.1. The number of hydrogen-bond acceptors (Lipinski definition) is 5. The number of benzene rings is 1. The number of nitrogens with zero attached hydrogens (tertiary/aromatic N) is 2. The van der Waals surface area contributed by atoms with E-state index in [-0.39, 0.29) is 23.9 Å². The SMILES string of the molecule is COC(=O)C[C@H]1c2cccnc2C(=O)N(C)[C@@H]1C(=O)NCCc1ccccc1. The second kappa shape index (κ2) is 8.65. The summed E-state index contributed by atoms with van der Waals surface area (Å²) in [6.45, 7) is 0.437. The molecule has 0 saturated carbocycles. The summed E-state index contributed by atoms with van der Waals surface area (Å²) >= 11 is 0. The second-order valence-corrected chi connectivity index (χ2v) is 6.72. The van der Waals surface area contributed by atoms with Crippen molar-refractivity contribution in [1.29, 1.82) is 0 Å². The molecule has 1 aliphatic heterocycles. The fourth-order valence-corrected chi connectivity index (χ4v) is 3.55. The highest BCUT2D eigenvalue weighted by molar-refractivity contribution is 6.00. The van der Waals surface area contributed by atoms with Crippen LogP contribution in [0.2, 0.25) is 0 Å². The van der Waals surface area contributed by atoms with Gasteiger partial charge in [-0.15, -0.1) is 0 Å². The molecule has 1 aromatic carbocycles. The summed E-state index contributed by atoms with van der Waals surface area (Å²) in [5, 5.41) is 2.90. The van der Waals surface area contributed by atoms with Gasteiger partial charge in [0.1, 0.15) is 11.7 Å². The molecule has 1 N–H and O–H groups in total. The highest BCUT2D eigenvalue weighted by Gasteiger charge is 2.43. The number of carbonyl (C=O) groups is 3. The van der Waals surface area contributed by atoms with Crippen LogP contribution in [0.3, 0.4) is 0 Å². The number of carbonyl (C=O) groups excluding carboxylic acids is 3. The molecule has 0 aliphatic carbocycles. The van der Waals surface area contributed by atoms with E-state index in [1.165, 1.54) is 18.2 Å². The fourth-order valence-electron chi connectivity index (χ4n) is 3.55. The second-order valence-electron chi connectivity index (χ2n) is 6.72. The molecule has 2 amide bonds. The summed E-state index contributed by atoms with van der Waals surface area (Å²) in [6.07, 6.45) is 2.19. The topological polar surface area (TPSA) is 88.6 Å². The van der Waals surface area contributed by atoms with E-state index >= 15 is 0 Å². The molecular weight excluding hydrogens is 358 g/mol. The molecule has 0 saturated heterocycles. The average Bonchev–Trinajstić information content (AvgIpc) is 2.72. The van der Waals surface area contributed by atoms with Gasteiger partial charge in [0.05, 0.1) is 13.5 Å². The standard InChI is InChI=1S/C21H23N3O4/c1-24-19(20(26)23-12-10-14-7-4-3-5-8-14)16(13-17(25)28-2)15-9-6-11-22-18(15)21(24)27/h3-9,11,16,19H,10,12-13H2,1-2H3,(H,23,26)/t16-,19-/m0/s1. The van der Waals surface area contributed by atoms with Crippen LogP contribution in [0.25, 0.3) is 0 Å². The van der Waals surface area contributed by atoms with Gasteiger partial charge < -0.3 is 15.0 Å². The first-order chi connectivity index (χ1) is 13.5. The van der Waals surface area contributed by atoms with Crippen molar-refractivity contribution in [3.8, 4) is 0 Å². The molecule has 0 bridgehead atoms. The van der Waals surface area contributed by atoms with Gasteiger partial charge in [0, 0.05) is 25.7 Å². The van der Waals surface area contributed by atoms with Crippen molar-refractivity contribution in [3.05, 3.63) is 65.5 Å². The Morgan fingerprint density at radius 2 is 1.93 bits per heavy atom. The molecule has 7 nitrogen and oxygen atoms in total. The molecule has 0 fully saturated rings. The van der Waals surface area contributed by atoms with Crippen molar-refractivity contribution in [2.45, 2.75) is 24.8 Å². The van der Waals surface area contributed by atoms with Crippen molar-refractivity contribution in [2.24, 2.45) is 0 Å². The molecule has 28 heavy (non-hydrogen) atoms. The zero-order chi connectivity index (χ0) is 20.1. The van der Waals surface area contributed by atoms with Crippen LogP contribution in [0.15, 0.2) is 48.7 Å². The fraction of sp³-hybridized carbons (Fsp3) is 0.333. The summed E-state index contributed by atoms with van der Waals surface area (Å²) in [5.74, 6) is -1.59. The van der Waals surface area contributed by atoms with Gasteiger partial charge >= 0.3 is 5.97 Å². The van der Waals surface area contributed by atoms with Crippen LogP contribution in [0, 0.1) is 0 Å². The molecule has 0 spiro atoms. The molecule has 1 aromatic heterocycles. The van der Waals surface area contributed by atoms with Crippen LogP contribution in [-0.4, -0.2) is 54.4 Å². The largest absolute Gasteiger partial charge is 0.469 e. The van der Waals surface area contributed by atoms with Crippen molar-refractivity contribution in [1.82, 2.24) is 15.2 Å². The van der Waals surface area contributed by atoms with E-state index in [9.17, 15) is 14.4 Å². The molecule has 0 radical (unpaired) electrons. The van der Waals surface area contributed by atoms with E-state index in [1.54, 1.807) is 19.2 Å². The number of nitrogens with one attached hydrogen (secondary N) is 1. The number of hydrogen-bond donors (Lipinski definition) is 1. The average molecular weight is 381 g/mol. The van der Waals surface area contributed by atoms with Crippen LogP contribution in [0.5, 0.6) is 0 Å². The number of pyridine rings is 1. The van der Waals surface area contributed by atoms with E-state index in [0.717, 1.165) is 5.56 Å². The van der Waals surface area contributed by atoms with E-state index < -0.39 is 17.9 Å². The molecule has 2 atom stereocenters. The lowest BCUT2D eigenvalue weighted by Crippen LogP contribution is -2.54. The van der Waals surface area contributed by atoms with Crippen molar-refractivity contribution < 1.29 is 19.1 Å². The summed E-state index contributed by atoms with van der Waals surface area (Å²) < 4.78 is 4.80. The Balaban J connectivity index is 1.80. The maximum Gasteiger partial charge on any atom is 0.306 e. The summed E-state index contributed by atoms with van der Waals surface area (Å²) in [7, 11) is 2.87. The van der Waals surface area contributed by atoms with Gasteiger partial charge in [-0.2, -0.15) is 0 Å². The zero-order valence-electron chi connectivity index (χ0n) is 15.9. The Morgan fingerprint density at radius 3 is 2.64 bits per heavy atom. The Labute approximate surface area is 163 Å². The van der Waals surface area contributed by atoms with Crippen molar-refractivity contribution >= 4 is 17.8 Å². The highest BCUT2D eigenvalue weighted by atomic mass is 16.5. The Bertz CT molecular complexity index is 869. The zero-order valence-corrected chi connectivity index (χ0v) is 15.9. The molecular formula is C21H23N3O4. The smallest absolute Gasteiger partial charge is 0.306 e. The first-order valence-corrected chi connectivity index (χ1v) is 9.13. The number of ether oxygens (including phenoxy) is 1. The molecule has 3 rings (SSSR count). The van der Waals surface area contributed by atoms with E-state index in [4.69, 9.17) is 4.74 Å². The summed E-state index contributed by atoms with van der Waals surface area (Å²) in [6, 6.07) is 12.4. The van der Waals surface area contributed by atoms with Gasteiger partial charge in [0.25, 0.3) is 5.91 Å². The van der Waals surface area contributed by atoms with Gasteiger partial charge in [0.2, 0.25) is 5.91 Å². The van der Waals surface area contributed by atoms with E-state index in [1.807, 2.05) is 30.3 Å². The number of methoxy groups -OCH3 is 1. The maximum absolute atomic E-state index is 13.0. The predicted octanol–water partition coefficient (Wildman–Crippen LogP) is 1.54. The van der Waals surface area contributed by atoms with Gasteiger partial charge in [-0.3, -0.25) is 19.4 Å². The molecule has 2 heterocycles. The van der Waals surface area contributed by atoms with Crippen LogP contribution in [0.1, 0.15) is 34.0 Å². The highest BCUT2D eigenvalue weighted by Crippen LogP contribution is 2.34. The predicted molar refractivity (Wildman–Crippen MR) is 103 cm³/mol. The Morgan fingerprint density at radius 1 is 1.18 bits per heavy atom. The van der Waals surface area contributed by atoms with Crippen LogP contribution in [0.4, 0.5) is 0 Å². The minimum atomic E-state index is -0.806. The normalized spacial score (nSPS) is 18.4. The van der Waals surface area contributed by atoms with E-state index in [2.05, 4.69) is 10.3 Å². The first kappa shape index (κ1) is 19.5. The lowest BCUT2D eigenvalue weighted by atomic mass is 9.82. The minimum Gasteiger partial charge on any atom is -0.469 e. The molecule has 146 valence electrons.